The summed E-state index contributed by atoms with van der Waals surface area (Å²) in [6.07, 6.45) is 7.71. The second-order valence-electron chi connectivity index (χ2n) is 7.70. The number of aromatic nitrogens is 1. The van der Waals surface area contributed by atoms with E-state index in [2.05, 4.69) is 28.8 Å². The summed E-state index contributed by atoms with van der Waals surface area (Å²) in [5.74, 6) is 2.19. The van der Waals surface area contributed by atoms with Crippen LogP contribution in [-0.4, -0.2) is 66.5 Å². The highest BCUT2D eigenvalue weighted by Crippen LogP contribution is 2.26. The van der Waals surface area contributed by atoms with Gasteiger partial charge in [0.15, 0.2) is 0 Å². The van der Waals surface area contributed by atoms with Crippen LogP contribution < -0.4 is 4.90 Å². The number of anilines is 1. The van der Waals surface area contributed by atoms with Crippen LogP contribution in [0.4, 0.5) is 5.82 Å². The number of piperazine rings is 1. The first kappa shape index (κ1) is 18.2. The Morgan fingerprint density at radius 3 is 2.52 bits per heavy atom. The quantitative estimate of drug-likeness (QED) is 0.823. The average Bonchev–Trinajstić information content (AvgIpc) is 2.67. The lowest BCUT2D eigenvalue weighted by molar-refractivity contribution is -0.131. The maximum absolute atomic E-state index is 12.5. The highest BCUT2D eigenvalue weighted by molar-refractivity contribution is 5.76. The number of pyridine rings is 1. The highest BCUT2D eigenvalue weighted by atomic mass is 16.2. The number of rotatable bonds is 5. The number of nitrogens with zero attached hydrogens (tertiary/aromatic N) is 4. The molecule has 0 unspecified atom stereocenters. The van der Waals surface area contributed by atoms with Gasteiger partial charge in [0, 0.05) is 51.4 Å². The van der Waals surface area contributed by atoms with Crippen molar-refractivity contribution in [2.24, 2.45) is 5.92 Å². The zero-order chi connectivity index (χ0) is 17.6. The molecular weight excluding hydrogens is 312 g/mol. The molecule has 2 heterocycles. The van der Waals surface area contributed by atoms with Crippen LogP contribution in [-0.2, 0) is 4.79 Å². The van der Waals surface area contributed by atoms with Gasteiger partial charge in [-0.15, -0.1) is 0 Å². The van der Waals surface area contributed by atoms with Crippen LogP contribution in [0.25, 0.3) is 0 Å². The minimum atomic E-state index is 0.302. The predicted molar refractivity (Wildman–Crippen MR) is 102 cm³/mol. The first-order valence-electron chi connectivity index (χ1n) is 9.77. The SMILES string of the molecule is CC1CCC(N(C)CCC(=O)N2CCN(c3ccccn3)CC2)CC1. The van der Waals surface area contributed by atoms with Gasteiger partial charge in [0.05, 0.1) is 0 Å². The molecule has 0 N–H and O–H groups in total. The topological polar surface area (TPSA) is 39.7 Å². The highest BCUT2D eigenvalue weighted by Gasteiger charge is 2.24. The first-order chi connectivity index (χ1) is 12.1. The predicted octanol–water partition coefficient (Wildman–Crippen LogP) is 2.63. The molecule has 0 bridgehead atoms. The molecule has 0 spiro atoms. The van der Waals surface area contributed by atoms with Crippen molar-refractivity contribution in [2.45, 2.75) is 45.1 Å². The molecule has 0 atom stereocenters. The van der Waals surface area contributed by atoms with Crippen LogP contribution in [0, 0.1) is 5.92 Å². The van der Waals surface area contributed by atoms with Gasteiger partial charge in [0.2, 0.25) is 5.91 Å². The van der Waals surface area contributed by atoms with E-state index < -0.39 is 0 Å². The fraction of sp³-hybridized carbons (Fsp3) is 0.700. The van der Waals surface area contributed by atoms with Gasteiger partial charge < -0.3 is 14.7 Å². The van der Waals surface area contributed by atoms with Crippen molar-refractivity contribution in [1.29, 1.82) is 0 Å². The standard InChI is InChI=1S/C20H32N4O/c1-17-6-8-18(9-7-17)22(2)12-10-20(25)24-15-13-23(14-16-24)19-5-3-4-11-21-19/h3-5,11,17-18H,6-10,12-16H2,1-2H3. The fourth-order valence-corrected chi connectivity index (χ4v) is 4.02. The lowest BCUT2D eigenvalue weighted by Gasteiger charge is -2.36. The van der Waals surface area contributed by atoms with E-state index in [4.69, 9.17) is 0 Å². The van der Waals surface area contributed by atoms with Crippen molar-refractivity contribution in [1.82, 2.24) is 14.8 Å². The van der Waals surface area contributed by atoms with Gasteiger partial charge in [0.25, 0.3) is 0 Å². The summed E-state index contributed by atoms with van der Waals surface area (Å²) in [6.45, 7) is 6.60. The van der Waals surface area contributed by atoms with Gasteiger partial charge in [-0.25, -0.2) is 4.98 Å². The molecule has 1 aromatic heterocycles. The normalized spacial score (nSPS) is 24.6. The maximum atomic E-state index is 12.5. The lowest BCUT2D eigenvalue weighted by atomic mass is 9.87. The van der Waals surface area contributed by atoms with Gasteiger partial charge in [-0.2, -0.15) is 0 Å². The number of carbonyl (C=O) groups excluding carboxylic acids is 1. The van der Waals surface area contributed by atoms with E-state index in [1.165, 1.54) is 25.7 Å². The van der Waals surface area contributed by atoms with Crippen molar-refractivity contribution in [3.8, 4) is 0 Å². The Labute approximate surface area is 152 Å². The smallest absolute Gasteiger partial charge is 0.223 e. The number of carbonyl (C=O) groups is 1. The first-order valence-corrected chi connectivity index (χ1v) is 9.77. The molecule has 1 saturated heterocycles. The van der Waals surface area contributed by atoms with E-state index in [0.29, 0.717) is 18.4 Å². The van der Waals surface area contributed by atoms with Crippen molar-refractivity contribution in [3.63, 3.8) is 0 Å². The zero-order valence-corrected chi connectivity index (χ0v) is 15.7. The van der Waals surface area contributed by atoms with E-state index in [0.717, 1.165) is 44.5 Å². The van der Waals surface area contributed by atoms with Gasteiger partial charge in [-0.1, -0.05) is 13.0 Å². The van der Waals surface area contributed by atoms with Gasteiger partial charge in [-0.05, 0) is 50.8 Å². The Morgan fingerprint density at radius 2 is 1.88 bits per heavy atom. The Morgan fingerprint density at radius 1 is 1.16 bits per heavy atom. The van der Waals surface area contributed by atoms with Crippen LogP contribution >= 0.6 is 0 Å². The van der Waals surface area contributed by atoms with Crippen molar-refractivity contribution >= 4 is 11.7 Å². The third kappa shape index (κ3) is 4.94. The summed E-state index contributed by atoms with van der Waals surface area (Å²) in [5, 5.41) is 0. The minimum Gasteiger partial charge on any atom is -0.353 e. The molecule has 2 fully saturated rings. The fourth-order valence-electron chi connectivity index (χ4n) is 4.02. The summed E-state index contributed by atoms with van der Waals surface area (Å²) in [7, 11) is 2.19. The molecule has 1 saturated carbocycles. The molecule has 1 aliphatic heterocycles. The van der Waals surface area contributed by atoms with E-state index in [9.17, 15) is 4.79 Å². The largest absolute Gasteiger partial charge is 0.353 e. The second-order valence-corrected chi connectivity index (χ2v) is 7.70. The molecule has 1 aliphatic carbocycles. The number of amides is 1. The molecule has 5 heteroatoms. The van der Waals surface area contributed by atoms with Crippen LogP contribution in [0.2, 0.25) is 0 Å². The molecule has 2 aliphatic rings. The number of hydrogen-bond acceptors (Lipinski definition) is 4. The summed E-state index contributed by atoms with van der Waals surface area (Å²) in [5.41, 5.74) is 0. The Bertz CT molecular complexity index is 534. The Balaban J connectivity index is 1.39. The van der Waals surface area contributed by atoms with E-state index >= 15 is 0 Å². The summed E-state index contributed by atoms with van der Waals surface area (Å²) >= 11 is 0. The average molecular weight is 345 g/mol. The van der Waals surface area contributed by atoms with Crippen molar-refractivity contribution < 1.29 is 4.79 Å². The monoisotopic (exact) mass is 344 g/mol. The molecule has 5 nitrogen and oxygen atoms in total. The van der Waals surface area contributed by atoms with E-state index in [1.54, 1.807) is 0 Å². The molecule has 3 rings (SSSR count). The molecule has 1 amide bonds. The second kappa shape index (κ2) is 8.65. The van der Waals surface area contributed by atoms with Crippen LogP contribution in [0.5, 0.6) is 0 Å². The maximum Gasteiger partial charge on any atom is 0.223 e. The number of hydrogen-bond donors (Lipinski definition) is 0. The summed E-state index contributed by atoms with van der Waals surface area (Å²) < 4.78 is 0. The van der Waals surface area contributed by atoms with Crippen molar-refractivity contribution in [2.75, 3.05) is 44.7 Å². The Hall–Kier alpha value is -1.62. The molecule has 1 aromatic rings. The summed E-state index contributed by atoms with van der Waals surface area (Å²) in [4.78, 5) is 23.6. The van der Waals surface area contributed by atoms with Crippen LogP contribution in [0.3, 0.4) is 0 Å². The third-order valence-electron chi connectivity index (χ3n) is 5.89. The van der Waals surface area contributed by atoms with Gasteiger partial charge in [0.1, 0.15) is 5.82 Å². The Kier molecular flexibility index (Phi) is 6.29. The lowest BCUT2D eigenvalue weighted by Crippen LogP contribution is -2.49. The van der Waals surface area contributed by atoms with E-state index in [-0.39, 0.29) is 0 Å². The molecule has 0 radical (unpaired) electrons. The minimum absolute atomic E-state index is 0.302. The molecular formula is C20H32N4O. The van der Waals surface area contributed by atoms with E-state index in [1.807, 2.05) is 29.3 Å². The van der Waals surface area contributed by atoms with Crippen molar-refractivity contribution in [3.05, 3.63) is 24.4 Å². The molecule has 138 valence electrons. The van der Waals surface area contributed by atoms with Crippen LogP contribution in [0.15, 0.2) is 24.4 Å². The zero-order valence-electron chi connectivity index (χ0n) is 15.7. The van der Waals surface area contributed by atoms with Gasteiger partial charge in [-0.3, -0.25) is 4.79 Å². The molecule has 0 aromatic carbocycles. The molecule has 25 heavy (non-hydrogen) atoms. The van der Waals surface area contributed by atoms with Gasteiger partial charge >= 0.3 is 0 Å². The van der Waals surface area contributed by atoms with Crippen LogP contribution in [0.1, 0.15) is 39.0 Å². The summed E-state index contributed by atoms with van der Waals surface area (Å²) in [6, 6.07) is 6.66. The third-order valence-corrected chi connectivity index (χ3v) is 5.89.